The molecule has 1 aliphatic rings. The van der Waals surface area contributed by atoms with Gasteiger partial charge in [0.05, 0.1) is 19.3 Å². The molecular formula is C11H21NO2. The van der Waals surface area contributed by atoms with Crippen LogP contribution >= 0.6 is 0 Å². The highest BCUT2D eigenvalue weighted by atomic mass is 16.7. The summed E-state index contributed by atoms with van der Waals surface area (Å²) in [7, 11) is 0. The molecule has 0 radical (unpaired) electrons. The van der Waals surface area contributed by atoms with Crippen LogP contribution in [0.15, 0.2) is 4.99 Å². The zero-order chi connectivity index (χ0) is 10.2. The summed E-state index contributed by atoms with van der Waals surface area (Å²) in [5, 5.41) is 0. The number of rotatable bonds is 3. The molecule has 0 heterocycles. The summed E-state index contributed by atoms with van der Waals surface area (Å²) in [6.45, 7) is 5.17. The molecule has 0 aliphatic heterocycles. The van der Waals surface area contributed by atoms with Gasteiger partial charge in [-0.05, 0) is 26.7 Å². The van der Waals surface area contributed by atoms with Crippen LogP contribution in [-0.2, 0) is 9.47 Å². The molecule has 1 rings (SSSR count). The van der Waals surface area contributed by atoms with Crippen LogP contribution in [0.4, 0.5) is 0 Å². The minimum absolute atomic E-state index is 0.428. The van der Waals surface area contributed by atoms with Crippen molar-refractivity contribution in [1.82, 2.24) is 0 Å². The quantitative estimate of drug-likeness (QED) is 0.517. The van der Waals surface area contributed by atoms with Gasteiger partial charge in [0, 0.05) is 0 Å². The molecule has 0 aromatic carbocycles. The summed E-state index contributed by atoms with van der Waals surface area (Å²) in [6, 6.07) is 0.428. The maximum Gasteiger partial charge on any atom is 0.383 e. The van der Waals surface area contributed by atoms with E-state index in [1.807, 2.05) is 13.8 Å². The third kappa shape index (κ3) is 3.99. The number of aliphatic imine (C=N–C) groups is 1. The minimum atomic E-state index is 0.428. The van der Waals surface area contributed by atoms with Crippen LogP contribution in [0.1, 0.15) is 46.0 Å². The smallest absolute Gasteiger partial charge is 0.383 e. The SMILES string of the molecule is CCOC(=NC1CCCCC1)OCC. The average molecular weight is 199 g/mol. The number of ether oxygens (including phenoxy) is 2. The van der Waals surface area contributed by atoms with E-state index < -0.39 is 0 Å². The average Bonchev–Trinajstić information content (AvgIpc) is 2.20. The van der Waals surface area contributed by atoms with Gasteiger partial charge in [0.1, 0.15) is 0 Å². The second-order valence-electron chi connectivity index (χ2n) is 3.55. The Morgan fingerprint density at radius 2 is 1.64 bits per heavy atom. The molecule has 1 saturated carbocycles. The van der Waals surface area contributed by atoms with Crippen molar-refractivity contribution in [3.63, 3.8) is 0 Å². The van der Waals surface area contributed by atoms with Crippen LogP contribution in [0.2, 0.25) is 0 Å². The first kappa shape index (κ1) is 11.3. The molecule has 0 bridgehead atoms. The Kier molecular flexibility index (Phi) is 5.42. The van der Waals surface area contributed by atoms with E-state index in [-0.39, 0.29) is 0 Å². The molecule has 82 valence electrons. The minimum Gasteiger partial charge on any atom is -0.451 e. The van der Waals surface area contributed by atoms with Gasteiger partial charge in [0.2, 0.25) is 0 Å². The van der Waals surface area contributed by atoms with E-state index in [4.69, 9.17) is 9.47 Å². The number of hydrogen-bond donors (Lipinski definition) is 0. The lowest BCUT2D eigenvalue weighted by atomic mass is 9.96. The summed E-state index contributed by atoms with van der Waals surface area (Å²) in [6.07, 6.45) is 6.79. The summed E-state index contributed by atoms with van der Waals surface area (Å²) in [5.41, 5.74) is 0. The molecule has 3 nitrogen and oxygen atoms in total. The molecule has 0 N–H and O–H groups in total. The van der Waals surface area contributed by atoms with Crippen molar-refractivity contribution in [1.29, 1.82) is 0 Å². The molecule has 0 amide bonds. The van der Waals surface area contributed by atoms with E-state index in [2.05, 4.69) is 4.99 Å². The highest BCUT2D eigenvalue weighted by molar-refractivity contribution is 5.67. The molecule has 0 unspecified atom stereocenters. The van der Waals surface area contributed by atoms with E-state index in [1.54, 1.807) is 0 Å². The third-order valence-corrected chi connectivity index (χ3v) is 2.40. The highest BCUT2D eigenvalue weighted by Gasteiger charge is 2.14. The monoisotopic (exact) mass is 199 g/mol. The number of hydrogen-bond acceptors (Lipinski definition) is 3. The van der Waals surface area contributed by atoms with Gasteiger partial charge in [-0.2, -0.15) is 0 Å². The lowest BCUT2D eigenvalue weighted by Crippen LogP contribution is -2.17. The summed E-state index contributed by atoms with van der Waals surface area (Å²) < 4.78 is 10.6. The molecule has 0 spiro atoms. The van der Waals surface area contributed by atoms with Crippen LogP contribution in [-0.4, -0.2) is 25.3 Å². The van der Waals surface area contributed by atoms with Crippen molar-refractivity contribution in [3.05, 3.63) is 0 Å². The van der Waals surface area contributed by atoms with Crippen molar-refractivity contribution in [3.8, 4) is 0 Å². The molecule has 0 aromatic rings. The fourth-order valence-corrected chi connectivity index (χ4v) is 1.72. The van der Waals surface area contributed by atoms with Gasteiger partial charge in [-0.15, -0.1) is 0 Å². The predicted molar refractivity (Wildman–Crippen MR) is 57.6 cm³/mol. The van der Waals surface area contributed by atoms with Crippen molar-refractivity contribution in [2.75, 3.05) is 13.2 Å². The first-order chi connectivity index (χ1) is 6.86. The second-order valence-corrected chi connectivity index (χ2v) is 3.55. The normalized spacial score (nSPS) is 17.6. The summed E-state index contributed by atoms with van der Waals surface area (Å²) in [5.74, 6) is 0. The fourth-order valence-electron chi connectivity index (χ4n) is 1.72. The van der Waals surface area contributed by atoms with Crippen LogP contribution in [0.25, 0.3) is 0 Å². The van der Waals surface area contributed by atoms with E-state index >= 15 is 0 Å². The van der Waals surface area contributed by atoms with Gasteiger partial charge in [0.25, 0.3) is 0 Å². The van der Waals surface area contributed by atoms with Gasteiger partial charge in [-0.1, -0.05) is 19.3 Å². The Balaban J connectivity index is 2.41. The van der Waals surface area contributed by atoms with Gasteiger partial charge in [-0.25, -0.2) is 4.99 Å². The molecule has 14 heavy (non-hydrogen) atoms. The van der Waals surface area contributed by atoms with Crippen molar-refractivity contribution < 1.29 is 9.47 Å². The maximum absolute atomic E-state index is 5.31. The predicted octanol–water partition coefficient (Wildman–Crippen LogP) is 2.75. The van der Waals surface area contributed by atoms with Crippen LogP contribution < -0.4 is 0 Å². The van der Waals surface area contributed by atoms with E-state index in [0.717, 1.165) is 0 Å². The van der Waals surface area contributed by atoms with Gasteiger partial charge in [0.15, 0.2) is 0 Å². The second kappa shape index (κ2) is 6.68. The molecule has 1 aliphatic carbocycles. The van der Waals surface area contributed by atoms with E-state index in [1.165, 1.54) is 32.1 Å². The molecule has 0 saturated heterocycles. The topological polar surface area (TPSA) is 30.8 Å². The lowest BCUT2D eigenvalue weighted by molar-refractivity contribution is 0.176. The maximum atomic E-state index is 5.31. The van der Waals surface area contributed by atoms with Crippen molar-refractivity contribution in [2.45, 2.75) is 52.0 Å². The van der Waals surface area contributed by atoms with Crippen LogP contribution in [0.3, 0.4) is 0 Å². The van der Waals surface area contributed by atoms with Crippen molar-refractivity contribution in [2.24, 2.45) is 4.99 Å². The Morgan fingerprint density at radius 3 is 2.14 bits per heavy atom. The summed E-state index contributed by atoms with van der Waals surface area (Å²) >= 11 is 0. The Bertz CT molecular complexity index is 166. The van der Waals surface area contributed by atoms with Crippen LogP contribution in [0.5, 0.6) is 0 Å². The zero-order valence-corrected chi connectivity index (χ0v) is 9.29. The standard InChI is InChI=1S/C11H21NO2/c1-3-13-11(14-4-2)12-10-8-6-5-7-9-10/h10H,3-9H2,1-2H3. The Hall–Kier alpha value is -0.730. The molecule has 0 aromatic heterocycles. The Labute approximate surface area is 86.5 Å². The molecule has 0 atom stereocenters. The van der Waals surface area contributed by atoms with Crippen LogP contribution in [0, 0.1) is 0 Å². The van der Waals surface area contributed by atoms with E-state index in [9.17, 15) is 0 Å². The summed E-state index contributed by atoms with van der Waals surface area (Å²) in [4.78, 5) is 4.49. The number of nitrogens with zero attached hydrogens (tertiary/aromatic N) is 1. The lowest BCUT2D eigenvalue weighted by Gasteiger charge is -2.18. The molecule has 1 fully saturated rings. The van der Waals surface area contributed by atoms with Gasteiger partial charge in [-0.3, -0.25) is 0 Å². The van der Waals surface area contributed by atoms with E-state index in [0.29, 0.717) is 25.3 Å². The first-order valence-electron chi connectivity index (χ1n) is 5.70. The van der Waals surface area contributed by atoms with Gasteiger partial charge < -0.3 is 9.47 Å². The third-order valence-electron chi connectivity index (χ3n) is 2.40. The fraction of sp³-hybridized carbons (Fsp3) is 0.909. The largest absolute Gasteiger partial charge is 0.451 e. The highest BCUT2D eigenvalue weighted by Crippen LogP contribution is 2.20. The van der Waals surface area contributed by atoms with Gasteiger partial charge >= 0.3 is 6.08 Å². The Morgan fingerprint density at radius 1 is 1.07 bits per heavy atom. The molecular weight excluding hydrogens is 178 g/mol. The zero-order valence-electron chi connectivity index (χ0n) is 9.29. The molecule has 3 heteroatoms. The first-order valence-corrected chi connectivity index (χ1v) is 5.70. The van der Waals surface area contributed by atoms with Crippen molar-refractivity contribution >= 4 is 6.08 Å².